The van der Waals surface area contributed by atoms with Gasteiger partial charge in [0.25, 0.3) is 5.91 Å². The van der Waals surface area contributed by atoms with Crippen LogP contribution in [-0.4, -0.2) is 29.0 Å². The van der Waals surface area contributed by atoms with Crippen molar-refractivity contribution in [1.82, 2.24) is 10.3 Å². The average molecular weight is 285 g/mol. The number of nitrogens with one attached hydrogen (secondary N) is 2. The van der Waals surface area contributed by atoms with Crippen LogP contribution in [0.3, 0.4) is 0 Å². The van der Waals surface area contributed by atoms with E-state index in [-0.39, 0.29) is 11.5 Å². The molecule has 6 heteroatoms. The second kappa shape index (κ2) is 6.51. The summed E-state index contributed by atoms with van der Waals surface area (Å²) in [6, 6.07) is 10.0. The molecular formula is C15H15N3O3. The van der Waals surface area contributed by atoms with Crippen molar-refractivity contribution in [3.8, 4) is 0 Å². The highest BCUT2D eigenvalue weighted by atomic mass is 16.4. The van der Waals surface area contributed by atoms with Crippen LogP contribution < -0.4 is 10.6 Å². The number of amides is 1. The number of nitrogens with zero attached hydrogens (tertiary/aromatic N) is 1. The second-order valence-electron chi connectivity index (χ2n) is 4.36. The van der Waals surface area contributed by atoms with Crippen LogP contribution in [0.2, 0.25) is 0 Å². The van der Waals surface area contributed by atoms with Crippen LogP contribution in [0.5, 0.6) is 0 Å². The van der Waals surface area contributed by atoms with E-state index in [1.165, 1.54) is 0 Å². The number of carboxylic acid groups (broad SMARTS) is 1. The van der Waals surface area contributed by atoms with Crippen LogP contribution in [0.1, 0.15) is 26.4 Å². The van der Waals surface area contributed by atoms with Crippen molar-refractivity contribution in [2.24, 2.45) is 0 Å². The number of aromatic carboxylic acids is 1. The number of carbonyl (C=O) groups excluding carboxylic acids is 1. The molecule has 0 spiro atoms. The van der Waals surface area contributed by atoms with Gasteiger partial charge in [-0.15, -0.1) is 0 Å². The van der Waals surface area contributed by atoms with Crippen LogP contribution in [-0.2, 0) is 6.54 Å². The summed E-state index contributed by atoms with van der Waals surface area (Å²) in [5, 5.41) is 14.5. The maximum atomic E-state index is 11.5. The number of pyridine rings is 1. The minimum atomic E-state index is -0.945. The monoisotopic (exact) mass is 285 g/mol. The number of rotatable bonds is 5. The Morgan fingerprint density at radius 3 is 2.52 bits per heavy atom. The third-order valence-electron chi connectivity index (χ3n) is 2.92. The van der Waals surface area contributed by atoms with Crippen molar-refractivity contribution < 1.29 is 14.7 Å². The molecule has 0 fully saturated rings. The molecule has 1 amide bonds. The van der Waals surface area contributed by atoms with Gasteiger partial charge in [0.15, 0.2) is 0 Å². The largest absolute Gasteiger partial charge is 0.478 e. The number of hydrogen-bond donors (Lipinski definition) is 3. The molecule has 0 atom stereocenters. The Balaban J connectivity index is 2.02. The quantitative estimate of drug-likeness (QED) is 0.778. The first-order valence-corrected chi connectivity index (χ1v) is 6.34. The van der Waals surface area contributed by atoms with Crippen molar-refractivity contribution in [3.63, 3.8) is 0 Å². The summed E-state index contributed by atoms with van der Waals surface area (Å²) in [5.74, 6) is -1.19. The second-order valence-corrected chi connectivity index (χ2v) is 4.36. The summed E-state index contributed by atoms with van der Waals surface area (Å²) < 4.78 is 0. The topological polar surface area (TPSA) is 91.3 Å². The SMILES string of the molecule is CNC(=O)c1cc(NCc2ccc(C(=O)O)cc2)ccn1. The highest BCUT2D eigenvalue weighted by Gasteiger charge is 2.05. The van der Waals surface area contributed by atoms with Crippen molar-refractivity contribution in [2.45, 2.75) is 6.54 Å². The van der Waals surface area contributed by atoms with E-state index >= 15 is 0 Å². The molecule has 108 valence electrons. The van der Waals surface area contributed by atoms with Gasteiger partial charge in [-0.3, -0.25) is 9.78 Å². The molecule has 0 saturated heterocycles. The van der Waals surface area contributed by atoms with Gasteiger partial charge in [-0.2, -0.15) is 0 Å². The zero-order valence-corrected chi connectivity index (χ0v) is 11.5. The maximum Gasteiger partial charge on any atom is 0.335 e. The lowest BCUT2D eigenvalue weighted by Crippen LogP contribution is -2.19. The normalized spacial score (nSPS) is 9.95. The summed E-state index contributed by atoms with van der Waals surface area (Å²) in [5.41, 5.74) is 2.30. The summed E-state index contributed by atoms with van der Waals surface area (Å²) in [4.78, 5) is 26.2. The molecule has 0 aliphatic rings. The predicted molar refractivity (Wildman–Crippen MR) is 78.4 cm³/mol. The molecule has 0 aliphatic carbocycles. The summed E-state index contributed by atoms with van der Waals surface area (Å²) >= 11 is 0. The van der Waals surface area contributed by atoms with Crippen LogP contribution in [0.15, 0.2) is 42.6 Å². The third kappa shape index (κ3) is 3.79. The van der Waals surface area contributed by atoms with E-state index in [0.29, 0.717) is 12.2 Å². The molecule has 0 unspecified atom stereocenters. The molecule has 2 rings (SSSR count). The third-order valence-corrected chi connectivity index (χ3v) is 2.92. The Bertz CT molecular complexity index is 653. The van der Waals surface area contributed by atoms with Crippen molar-refractivity contribution >= 4 is 17.6 Å². The molecule has 1 aromatic heterocycles. The molecule has 6 nitrogen and oxygen atoms in total. The number of carbonyl (C=O) groups is 2. The Hall–Kier alpha value is -2.89. The lowest BCUT2D eigenvalue weighted by molar-refractivity contribution is 0.0696. The minimum absolute atomic E-state index is 0.246. The lowest BCUT2D eigenvalue weighted by atomic mass is 10.1. The Morgan fingerprint density at radius 1 is 1.19 bits per heavy atom. The van der Waals surface area contributed by atoms with Gasteiger partial charge in [0.05, 0.1) is 5.56 Å². The van der Waals surface area contributed by atoms with E-state index < -0.39 is 5.97 Å². The molecule has 3 N–H and O–H groups in total. The smallest absolute Gasteiger partial charge is 0.335 e. The lowest BCUT2D eigenvalue weighted by Gasteiger charge is -2.08. The van der Waals surface area contributed by atoms with Gasteiger partial charge in [-0.25, -0.2) is 4.79 Å². The highest BCUT2D eigenvalue weighted by molar-refractivity contribution is 5.92. The first kappa shape index (κ1) is 14.5. The number of anilines is 1. The fourth-order valence-corrected chi connectivity index (χ4v) is 1.76. The minimum Gasteiger partial charge on any atom is -0.478 e. The molecule has 2 aromatic rings. The summed E-state index contributed by atoms with van der Waals surface area (Å²) in [6.45, 7) is 0.525. The molecular weight excluding hydrogens is 270 g/mol. The Kier molecular flexibility index (Phi) is 4.50. The van der Waals surface area contributed by atoms with Crippen LogP contribution in [0.25, 0.3) is 0 Å². The number of aromatic nitrogens is 1. The predicted octanol–water partition coefficient (Wildman–Crippen LogP) is 1.75. The van der Waals surface area contributed by atoms with E-state index in [4.69, 9.17) is 5.11 Å². The first-order valence-electron chi connectivity index (χ1n) is 6.34. The van der Waals surface area contributed by atoms with Gasteiger partial charge in [0.1, 0.15) is 5.69 Å². The van der Waals surface area contributed by atoms with Gasteiger partial charge in [-0.05, 0) is 29.8 Å². The molecule has 0 saturated carbocycles. The number of hydrogen-bond acceptors (Lipinski definition) is 4. The molecule has 21 heavy (non-hydrogen) atoms. The molecule has 0 bridgehead atoms. The molecule has 0 aliphatic heterocycles. The average Bonchev–Trinajstić information content (AvgIpc) is 2.52. The van der Waals surface area contributed by atoms with Gasteiger partial charge in [-0.1, -0.05) is 12.1 Å². The van der Waals surface area contributed by atoms with E-state index in [9.17, 15) is 9.59 Å². The van der Waals surface area contributed by atoms with Gasteiger partial charge >= 0.3 is 5.97 Å². The highest BCUT2D eigenvalue weighted by Crippen LogP contribution is 2.11. The Labute approximate surface area is 121 Å². The van der Waals surface area contributed by atoms with Gasteiger partial charge in [0.2, 0.25) is 0 Å². The molecule has 1 aromatic carbocycles. The number of benzene rings is 1. The van der Waals surface area contributed by atoms with Crippen LogP contribution in [0.4, 0.5) is 5.69 Å². The first-order chi connectivity index (χ1) is 10.1. The van der Waals surface area contributed by atoms with Crippen molar-refractivity contribution in [2.75, 3.05) is 12.4 Å². The van der Waals surface area contributed by atoms with Crippen molar-refractivity contribution in [3.05, 3.63) is 59.4 Å². The van der Waals surface area contributed by atoms with E-state index in [1.54, 1.807) is 49.6 Å². The van der Waals surface area contributed by atoms with E-state index in [2.05, 4.69) is 15.6 Å². The number of carboxylic acids is 1. The zero-order chi connectivity index (χ0) is 15.2. The molecule has 0 radical (unpaired) electrons. The summed E-state index contributed by atoms with van der Waals surface area (Å²) in [6.07, 6.45) is 1.56. The van der Waals surface area contributed by atoms with Crippen LogP contribution in [0, 0.1) is 0 Å². The van der Waals surface area contributed by atoms with Crippen LogP contribution >= 0.6 is 0 Å². The fourth-order valence-electron chi connectivity index (χ4n) is 1.76. The van der Waals surface area contributed by atoms with Gasteiger partial charge < -0.3 is 15.7 Å². The fraction of sp³-hybridized carbons (Fsp3) is 0.133. The van der Waals surface area contributed by atoms with Gasteiger partial charge in [0, 0.05) is 25.5 Å². The Morgan fingerprint density at radius 2 is 1.90 bits per heavy atom. The van der Waals surface area contributed by atoms with E-state index in [0.717, 1.165) is 11.3 Å². The van der Waals surface area contributed by atoms with E-state index in [1.807, 2.05) is 0 Å². The zero-order valence-electron chi connectivity index (χ0n) is 11.5. The van der Waals surface area contributed by atoms with Crippen molar-refractivity contribution in [1.29, 1.82) is 0 Å². The summed E-state index contributed by atoms with van der Waals surface area (Å²) in [7, 11) is 1.55. The molecule has 1 heterocycles. The standard InChI is InChI=1S/C15H15N3O3/c1-16-14(19)13-8-12(6-7-17-13)18-9-10-2-4-11(5-3-10)15(20)21/h2-8H,9H2,1H3,(H,16,19)(H,17,18)(H,20,21). The maximum absolute atomic E-state index is 11.5.